The monoisotopic (exact) mass is 232 g/mol. The maximum Gasteiger partial charge on any atom is -0.00915 e. The molecule has 0 N–H and O–H groups in total. The highest BCUT2D eigenvalue weighted by atomic mass is 14.1. The second kappa shape index (κ2) is 4.66. The molecule has 0 saturated carbocycles. The van der Waals surface area contributed by atoms with Crippen LogP contribution in [0.15, 0.2) is 71.8 Å². The van der Waals surface area contributed by atoms with Crippen molar-refractivity contribution in [1.29, 1.82) is 0 Å². The van der Waals surface area contributed by atoms with E-state index < -0.39 is 0 Å². The summed E-state index contributed by atoms with van der Waals surface area (Å²) in [5.41, 5.74) is 4.06. The molecule has 1 aliphatic rings. The average molecular weight is 232 g/mol. The van der Waals surface area contributed by atoms with Crippen LogP contribution in [0, 0.1) is 0 Å². The molecule has 0 aromatic heterocycles. The van der Waals surface area contributed by atoms with Gasteiger partial charge in [0.2, 0.25) is 0 Å². The Morgan fingerprint density at radius 3 is 2.67 bits per heavy atom. The summed E-state index contributed by atoms with van der Waals surface area (Å²) in [6.07, 6.45) is 9.85. The minimum absolute atomic E-state index is 1.04. The first-order valence-electron chi connectivity index (χ1n) is 6.36. The van der Waals surface area contributed by atoms with Gasteiger partial charge in [0, 0.05) is 0 Å². The number of hydrogen-bond acceptors (Lipinski definition) is 0. The van der Waals surface area contributed by atoms with E-state index in [9.17, 15) is 0 Å². The van der Waals surface area contributed by atoms with Crippen LogP contribution in [0.3, 0.4) is 0 Å². The molecular formula is C18H16. The van der Waals surface area contributed by atoms with Crippen molar-refractivity contribution in [2.24, 2.45) is 0 Å². The van der Waals surface area contributed by atoms with Crippen LogP contribution in [0.2, 0.25) is 0 Å². The van der Waals surface area contributed by atoms with E-state index in [1.54, 1.807) is 0 Å². The Balaban J connectivity index is 2.03. The molecule has 0 radical (unpaired) electrons. The first kappa shape index (κ1) is 11.0. The molecule has 2 aromatic carbocycles. The molecule has 0 heteroatoms. The van der Waals surface area contributed by atoms with Gasteiger partial charge in [-0.25, -0.2) is 0 Å². The van der Waals surface area contributed by atoms with Crippen molar-refractivity contribution in [3.8, 4) is 0 Å². The molecule has 0 bridgehead atoms. The molecule has 2 aromatic rings. The van der Waals surface area contributed by atoms with Crippen molar-refractivity contribution in [3.63, 3.8) is 0 Å². The van der Waals surface area contributed by atoms with Gasteiger partial charge in [-0.15, -0.1) is 0 Å². The van der Waals surface area contributed by atoms with E-state index >= 15 is 0 Å². The Morgan fingerprint density at radius 1 is 1.00 bits per heavy atom. The summed E-state index contributed by atoms with van der Waals surface area (Å²) in [7, 11) is 0. The normalized spacial score (nSPS) is 17.2. The second-order valence-corrected chi connectivity index (χ2v) is 4.76. The van der Waals surface area contributed by atoms with Crippen molar-refractivity contribution >= 4 is 16.8 Å². The van der Waals surface area contributed by atoms with Gasteiger partial charge < -0.3 is 0 Å². The molecule has 0 aliphatic heterocycles. The van der Waals surface area contributed by atoms with E-state index in [0.717, 1.165) is 6.42 Å². The van der Waals surface area contributed by atoms with Crippen molar-refractivity contribution in [2.75, 3.05) is 0 Å². The van der Waals surface area contributed by atoms with Crippen LogP contribution in [0.1, 0.15) is 18.9 Å². The fourth-order valence-electron chi connectivity index (χ4n) is 2.35. The van der Waals surface area contributed by atoms with Gasteiger partial charge in [-0.3, -0.25) is 0 Å². The molecule has 88 valence electrons. The lowest BCUT2D eigenvalue weighted by atomic mass is 9.96. The third-order valence-corrected chi connectivity index (χ3v) is 3.44. The molecule has 0 unspecified atom stereocenters. The molecule has 0 amide bonds. The third kappa shape index (κ3) is 2.14. The van der Waals surface area contributed by atoms with Gasteiger partial charge in [-0.05, 0) is 46.9 Å². The van der Waals surface area contributed by atoms with E-state index in [4.69, 9.17) is 0 Å². The summed E-state index contributed by atoms with van der Waals surface area (Å²) in [5, 5.41) is 2.61. The van der Waals surface area contributed by atoms with Crippen molar-refractivity contribution in [2.45, 2.75) is 13.3 Å². The summed E-state index contributed by atoms with van der Waals surface area (Å²) in [4.78, 5) is 0. The molecule has 0 heterocycles. The molecule has 0 fully saturated rings. The fraction of sp³-hybridized carbons (Fsp3) is 0.111. The maximum atomic E-state index is 2.29. The first-order chi connectivity index (χ1) is 8.83. The van der Waals surface area contributed by atoms with Crippen LogP contribution in [-0.2, 0) is 0 Å². The molecule has 1 aliphatic carbocycles. The maximum absolute atomic E-state index is 2.29. The lowest BCUT2D eigenvalue weighted by Crippen LogP contribution is -1.88. The summed E-state index contributed by atoms with van der Waals surface area (Å²) in [6.45, 7) is 2.18. The summed E-state index contributed by atoms with van der Waals surface area (Å²) in [5.74, 6) is 0. The Kier molecular flexibility index (Phi) is 2.85. The van der Waals surface area contributed by atoms with Gasteiger partial charge in [0.15, 0.2) is 0 Å². The molecule has 0 nitrogen and oxygen atoms in total. The number of hydrogen-bond donors (Lipinski definition) is 0. The Hall–Kier alpha value is -2.08. The summed E-state index contributed by atoms with van der Waals surface area (Å²) >= 11 is 0. The Bertz CT molecular complexity index is 669. The fourth-order valence-corrected chi connectivity index (χ4v) is 2.35. The lowest BCUT2D eigenvalue weighted by molar-refractivity contribution is 1.20. The number of rotatable bonds is 1. The van der Waals surface area contributed by atoms with Gasteiger partial charge in [0.25, 0.3) is 0 Å². The summed E-state index contributed by atoms with van der Waals surface area (Å²) < 4.78 is 0. The highest BCUT2D eigenvalue weighted by Gasteiger charge is 2.02. The number of benzene rings is 2. The van der Waals surface area contributed by atoms with Crippen LogP contribution in [0.25, 0.3) is 16.8 Å². The standard InChI is InChI=1S/C18H16/c1-14-6-2-3-8-17(14)12-15-10-11-16-7-4-5-9-18(16)13-15/h2-7,9-13H,8H2,1H3. The zero-order valence-electron chi connectivity index (χ0n) is 10.6. The predicted molar refractivity (Wildman–Crippen MR) is 79.4 cm³/mol. The second-order valence-electron chi connectivity index (χ2n) is 4.76. The minimum atomic E-state index is 1.04. The lowest BCUT2D eigenvalue weighted by Gasteiger charge is -2.09. The summed E-state index contributed by atoms with van der Waals surface area (Å²) in [6, 6.07) is 15.1. The van der Waals surface area contributed by atoms with Crippen molar-refractivity contribution in [3.05, 3.63) is 77.4 Å². The van der Waals surface area contributed by atoms with Gasteiger partial charge in [0.1, 0.15) is 0 Å². The minimum Gasteiger partial charge on any atom is -0.0801 e. The van der Waals surface area contributed by atoms with Crippen LogP contribution in [-0.4, -0.2) is 0 Å². The van der Waals surface area contributed by atoms with E-state index in [1.807, 2.05) is 0 Å². The zero-order chi connectivity index (χ0) is 12.4. The SMILES string of the molecule is CC1=CC=CCC1=Cc1ccc2ccccc2c1. The Morgan fingerprint density at radius 2 is 1.83 bits per heavy atom. The quantitative estimate of drug-likeness (QED) is 0.639. The van der Waals surface area contributed by atoms with E-state index in [2.05, 4.69) is 73.7 Å². The molecule has 0 saturated heterocycles. The molecule has 0 spiro atoms. The number of allylic oxidation sites excluding steroid dienone is 5. The van der Waals surface area contributed by atoms with E-state index in [-0.39, 0.29) is 0 Å². The molecular weight excluding hydrogens is 216 g/mol. The molecule has 18 heavy (non-hydrogen) atoms. The van der Waals surface area contributed by atoms with Gasteiger partial charge in [-0.2, -0.15) is 0 Å². The van der Waals surface area contributed by atoms with Crippen LogP contribution >= 0.6 is 0 Å². The van der Waals surface area contributed by atoms with E-state index in [0.29, 0.717) is 0 Å². The zero-order valence-corrected chi connectivity index (χ0v) is 10.6. The third-order valence-electron chi connectivity index (χ3n) is 3.44. The van der Waals surface area contributed by atoms with Crippen LogP contribution < -0.4 is 0 Å². The largest absolute Gasteiger partial charge is 0.0801 e. The van der Waals surface area contributed by atoms with Crippen LogP contribution in [0.4, 0.5) is 0 Å². The average Bonchev–Trinajstić information content (AvgIpc) is 2.41. The molecule has 0 atom stereocenters. The first-order valence-corrected chi connectivity index (χ1v) is 6.36. The molecule has 3 rings (SSSR count). The van der Waals surface area contributed by atoms with Gasteiger partial charge in [-0.1, -0.05) is 60.7 Å². The Labute approximate surface area is 108 Å². The van der Waals surface area contributed by atoms with Crippen LogP contribution in [0.5, 0.6) is 0 Å². The predicted octanol–water partition coefficient (Wildman–Crippen LogP) is 5.13. The topological polar surface area (TPSA) is 0 Å². The van der Waals surface area contributed by atoms with Crippen molar-refractivity contribution in [1.82, 2.24) is 0 Å². The number of fused-ring (bicyclic) bond motifs is 1. The van der Waals surface area contributed by atoms with Gasteiger partial charge >= 0.3 is 0 Å². The van der Waals surface area contributed by atoms with E-state index in [1.165, 1.54) is 27.5 Å². The smallest absolute Gasteiger partial charge is 0.00915 e. The van der Waals surface area contributed by atoms with Crippen molar-refractivity contribution < 1.29 is 0 Å². The highest BCUT2D eigenvalue weighted by Crippen LogP contribution is 2.23. The van der Waals surface area contributed by atoms with Gasteiger partial charge in [0.05, 0.1) is 0 Å². The highest BCUT2D eigenvalue weighted by molar-refractivity contribution is 5.85.